The SMILES string of the molecule is COc1ccc(-c2conc2C(C)=O)cc1. The van der Waals surface area contributed by atoms with E-state index in [2.05, 4.69) is 5.16 Å². The third-order valence-corrected chi connectivity index (χ3v) is 2.30. The van der Waals surface area contributed by atoms with E-state index in [0.29, 0.717) is 11.3 Å². The van der Waals surface area contributed by atoms with Crippen LogP contribution in [0, 0.1) is 0 Å². The van der Waals surface area contributed by atoms with Gasteiger partial charge in [0.15, 0.2) is 11.5 Å². The number of ketones is 1. The molecule has 0 aliphatic heterocycles. The van der Waals surface area contributed by atoms with Gasteiger partial charge in [-0.3, -0.25) is 4.79 Å². The Balaban J connectivity index is 2.42. The summed E-state index contributed by atoms with van der Waals surface area (Å²) < 4.78 is 9.87. The van der Waals surface area contributed by atoms with Crippen molar-refractivity contribution in [3.05, 3.63) is 36.2 Å². The number of nitrogens with zero attached hydrogens (tertiary/aromatic N) is 1. The number of aromatic nitrogens is 1. The quantitative estimate of drug-likeness (QED) is 0.741. The molecule has 4 nitrogen and oxygen atoms in total. The van der Waals surface area contributed by atoms with Crippen molar-refractivity contribution in [3.63, 3.8) is 0 Å². The number of hydrogen-bond donors (Lipinski definition) is 0. The van der Waals surface area contributed by atoms with Crippen LogP contribution in [0.25, 0.3) is 11.1 Å². The fourth-order valence-corrected chi connectivity index (χ4v) is 1.47. The number of ether oxygens (including phenoxy) is 1. The van der Waals surface area contributed by atoms with Crippen LogP contribution in [0.15, 0.2) is 35.1 Å². The van der Waals surface area contributed by atoms with Crippen molar-refractivity contribution in [3.8, 4) is 16.9 Å². The van der Waals surface area contributed by atoms with Crippen LogP contribution < -0.4 is 4.74 Å². The first-order valence-corrected chi connectivity index (χ1v) is 4.82. The molecule has 0 amide bonds. The summed E-state index contributed by atoms with van der Waals surface area (Å²) in [4.78, 5) is 11.3. The number of rotatable bonds is 3. The molecule has 0 atom stereocenters. The largest absolute Gasteiger partial charge is 0.497 e. The van der Waals surface area contributed by atoms with Crippen LogP contribution in [0.4, 0.5) is 0 Å². The van der Waals surface area contributed by atoms with E-state index in [0.717, 1.165) is 11.3 Å². The van der Waals surface area contributed by atoms with Crippen molar-refractivity contribution in [1.29, 1.82) is 0 Å². The Morgan fingerprint density at radius 1 is 1.31 bits per heavy atom. The smallest absolute Gasteiger partial charge is 0.182 e. The zero-order valence-electron chi connectivity index (χ0n) is 9.06. The molecule has 1 aromatic heterocycles. The summed E-state index contributed by atoms with van der Waals surface area (Å²) in [5, 5.41) is 3.68. The van der Waals surface area contributed by atoms with Gasteiger partial charge in [0.2, 0.25) is 0 Å². The molecule has 0 aliphatic rings. The summed E-state index contributed by atoms with van der Waals surface area (Å²) in [5.74, 6) is 0.657. The van der Waals surface area contributed by atoms with Crippen LogP contribution in [-0.4, -0.2) is 18.0 Å². The molecule has 0 aliphatic carbocycles. The Morgan fingerprint density at radius 3 is 2.56 bits per heavy atom. The Hall–Kier alpha value is -2.10. The van der Waals surface area contributed by atoms with E-state index in [-0.39, 0.29) is 5.78 Å². The van der Waals surface area contributed by atoms with Crippen LogP contribution in [-0.2, 0) is 0 Å². The topological polar surface area (TPSA) is 52.3 Å². The maximum atomic E-state index is 11.3. The predicted octanol–water partition coefficient (Wildman–Crippen LogP) is 2.55. The summed E-state index contributed by atoms with van der Waals surface area (Å²) in [6.07, 6.45) is 1.47. The van der Waals surface area contributed by atoms with E-state index >= 15 is 0 Å². The zero-order valence-corrected chi connectivity index (χ0v) is 9.06. The third-order valence-electron chi connectivity index (χ3n) is 2.30. The molecule has 1 aromatic carbocycles. The third kappa shape index (κ3) is 1.82. The van der Waals surface area contributed by atoms with Gasteiger partial charge in [-0.15, -0.1) is 0 Å². The average Bonchev–Trinajstić information content (AvgIpc) is 2.78. The van der Waals surface area contributed by atoms with E-state index < -0.39 is 0 Å². The predicted molar refractivity (Wildman–Crippen MR) is 58.5 cm³/mol. The van der Waals surface area contributed by atoms with Crippen molar-refractivity contribution < 1.29 is 14.1 Å². The fourth-order valence-electron chi connectivity index (χ4n) is 1.47. The number of carbonyl (C=O) groups is 1. The minimum atomic E-state index is -0.112. The summed E-state index contributed by atoms with van der Waals surface area (Å²) in [5.41, 5.74) is 1.94. The second kappa shape index (κ2) is 4.18. The Kier molecular flexibility index (Phi) is 2.72. The average molecular weight is 217 g/mol. The van der Waals surface area contributed by atoms with Gasteiger partial charge in [0.05, 0.1) is 12.7 Å². The molecular weight excluding hydrogens is 206 g/mol. The highest BCUT2D eigenvalue weighted by Gasteiger charge is 2.13. The van der Waals surface area contributed by atoms with Gasteiger partial charge in [-0.2, -0.15) is 0 Å². The first kappa shape index (κ1) is 10.4. The van der Waals surface area contributed by atoms with Gasteiger partial charge < -0.3 is 9.26 Å². The molecule has 1 heterocycles. The van der Waals surface area contributed by atoms with E-state index in [1.54, 1.807) is 7.11 Å². The van der Waals surface area contributed by atoms with Gasteiger partial charge in [0.1, 0.15) is 12.0 Å². The summed E-state index contributed by atoms with van der Waals surface area (Å²) in [7, 11) is 1.61. The lowest BCUT2D eigenvalue weighted by atomic mass is 10.1. The second-order valence-corrected chi connectivity index (χ2v) is 3.36. The van der Waals surface area contributed by atoms with Crippen molar-refractivity contribution >= 4 is 5.78 Å². The van der Waals surface area contributed by atoms with E-state index in [1.807, 2.05) is 24.3 Å². The van der Waals surface area contributed by atoms with Gasteiger partial charge in [-0.25, -0.2) is 0 Å². The van der Waals surface area contributed by atoms with Crippen LogP contribution >= 0.6 is 0 Å². The molecule has 0 radical (unpaired) electrons. The van der Waals surface area contributed by atoms with Gasteiger partial charge in [-0.1, -0.05) is 17.3 Å². The molecular formula is C12H11NO3. The zero-order chi connectivity index (χ0) is 11.5. The highest BCUT2D eigenvalue weighted by molar-refractivity contribution is 5.98. The van der Waals surface area contributed by atoms with Gasteiger partial charge in [-0.05, 0) is 17.7 Å². The second-order valence-electron chi connectivity index (χ2n) is 3.36. The van der Waals surface area contributed by atoms with Gasteiger partial charge >= 0.3 is 0 Å². The number of methoxy groups -OCH3 is 1. The van der Waals surface area contributed by atoms with Gasteiger partial charge in [0.25, 0.3) is 0 Å². The highest BCUT2D eigenvalue weighted by atomic mass is 16.5. The Morgan fingerprint density at radius 2 is 2.00 bits per heavy atom. The minimum Gasteiger partial charge on any atom is -0.497 e. The molecule has 0 saturated carbocycles. The monoisotopic (exact) mass is 217 g/mol. The van der Waals surface area contributed by atoms with Crippen LogP contribution in [0.2, 0.25) is 0 Å². The normalized spacial score (nSPS) is 10.1. The summed E-state index contributed by atoms with van der Waals surface area (Å²) >= 11 is 0. The molecule has 4 heteroatoms. The van der Waals surface area contributed by atoms with Gasteiger partial charge in [0, 0.05) is 6.92 Å². The minimum absolute atomic E-state index is 0.112. The molecule has 0 bridgehead atoms. The highest BCUT2D eigenvalue weighted by Crippen LogP contribution is 2.25. The van der Waals surface area contributed by atoms with E-state index in [9.17, 15) is 4.79 Å². The number of Topliss-reactive ketones (excluding diaryl/α,β-unsaturated/α-hetero) is 1. The number of benzene rings is 1. The molecule has 0 fully saturated rings. The summed E-state index contributed by atoms with van der Waals surface area (Å²) in [6.45, 7) is 1.46. The first-order valence-electron chi connectivity index (χ1n) is 4.82. The fraction of sp³-hybridized carbons (Fsp3) is 0.167. The molecule has 0 saturated heterocycles. The molecule has 82 valence electrons. The van der Waals surface area contributed by atoms with Crippen LogP contribution in [0.1, 0.15) is 17.4 Å². The Bertz CT molecular complexity index is 499. The molecule has 2 rings (SSSR count). The maximum absolute atomic E-state index is 11.3. The van der Waals surface area contributed by atoms with Crippen molar-refractivity contribution in [2.45, 2.75) is 6.92 Å². The first-order chi connectivity index (χ1) is 7.72. The van der Waals surface area contributed by atoms with Crippen LogP contribution in [0.5, 0.6) is 5.75 Å². The molecule has 16 heavy (non-hydrogen) atoms. The van der Waals surface area contributed by atoms with Crippen molar-refractivity contribution in [2.75, 3.05) is 7.11 Å². The standard InChI is InChI=1S/C12H11NO3/c1-8(14)12-11(7-16-13-12)9-3-5-10(15-2)6-4-9/h3-7H,1-2H3. The lowest BCUT2D eigenvalue weighted by Crippen LogP contribution is -1.94. The lowest BCUT2D eigenvalue weighted by molar-refractivity contribution is 0.101. The molecule has 0 unspecified atom stereocenters. The maximum Gasteiger partial charge on any atom is 0.182 e. The lowest BCUT2D eigenvalue weighted by Gasteiger charge is -2.01. The molecule has 0 N–H and O–H groups in total. The van der Waals surface area contributed by atoms with E-state index in [4.69, 9.17) is 9.26 Å². The number of carbonyl (C=O) groups excluding carboxylic acids is 1. The molecule has 0 spiro atoms. The van der Waals surface area contributed by atoms with Crippen molar-refractivity contribution in [2.24, 2.45) is 0 Å². The summed E-state index contributed by atoms with van der Waals surface area (Å²) in [6, 6.07) is 7.37. The van der Waals surface area contributed by atoms with Crippen molar-refractivity contribution in [1.82, 2.24) is 5.16 Å². The van der Waals surface area contributed by atoms with E-state index in [1.165, 1.54) is 13.2 Å². The molecule has 2 aromatic rings. The number of hydrogen-bond acceptors (Lipinski definition) is 4. The Labute approximate surface area is 92.8 Å². The van der Waals surface area contributed by atoms with Crippen LogP contribution in [0.3, 0.4) is 0 Å².